The molecule has 7 atom stereocenters. The second kappa shape index (κ2) is 28.5. The van der Waals surface area contributed by atoms with Crippen LogP contribution >= 0.6 is 0 Å². The predicted molar refractivity (Wildman–Crippen MR) is 283 cm³/mol. The van der Waals surface area contributed by atoms with Crippen molar-refractivity contribution in [2.75, 3.05) is 51.4 Å². The maximum Gasteiger partial charge on any atom is 0.417 e. The molecule has 5 aliphatic rings. The first kappa shape index (κ1) is 62.1. The van der Waals surface area contributed by atoms with Crippen molar-refractivity contribution >= 4 is 35.2 Å². The lowest BCUT2D eigenvalue weighted by Crippen LogP contribution is -2.47. The van der Waals surface area contributed by atoms with Crippen LogP contribution < -0.4 is 31.3 Å². The smallest absolute Gasteiger partial charge is 0.417 e. The fourth-order valence-corrected chi connectivity index (χ4v) is 11.8. The van der Waals surface area contributed by atoms with Gasteiger partial charge < -0.3 is 55.4 Å². The zero-order valence-electron chi connectivity index (χ0n) is 46.0. The minimum Gasteiger partial charge on any atom is -0.434 e. The van der Waals surface area contributed by atoms with E-state index in [9.17, 15) is 55.4 Å². The number of carbonyl (C=O) groups is 5. The van der Waals surface area contributed by atoms with Gasteiger partial charge in [-0.05, 0) is 107 Å². The third kappa shape index (κ3) is 16.2. The van der Waals surface area contributed by atoms with Crippen molar-refractivity contribution in [2.24, 2.45) is 17.8 Å². The van der Waals surface area contributed by atoms with Gasteiger partial charge in [-0.15, -0.1) is 0 Å². The fourth-order valence-electron chi connectivity index (χ4n) is 11.8. The second-order valence-corrected chi connectivity index (χ2v) is 22.0. The van der Waals surface area contributed by atoms with E-state index in [1.807, 2.05) is 12.1 Å². The Balaban J connectivity index is 0.643. The number of nitrogens with one attached hydrogen (secondary N) is 5. The predicted octanol–water partition coefficient (Wildman–Crippen LogP) is 6.62. The van der Waals surface area contributed by atoms with E-state index in [-0.39, 0.29) is 97.1 Å². The molecule has 3 aromatic rings. The van der Waals surface area contributed by atoms with Crippen LogP contribution in [0.1, 0.15) is 131 Å². The zero-order chi connectivity index (χ0) is 58.6. The molecule has 3 aliphatic carbocycles. The molecule has 0 radical (unpaired) electrons. The summed E-state index contributed by atoms with van der Waals surface area (Å²) in [4.78, 5) is 75.9. The van der Waals surface area contributed by atoms with Gasteiger partial charge in [0, 0.05) is 105 Å². The highest BCUT2D eigenvalue weighted by Crippen LogP contribution is 2.55. The fraction of sp³-hybridized carbons (Fsp3) is 0.632. The van der Waals surface area contributed by atoms with Gasteiger partial charge in [-0.2, -0.15) is 22.0 Å². The number of alkyl halides is 5. The summed E-state index contributed by atoms with van der Waals surface area (Å²) in [6.07, 6.45) is 6.62. The number of rotatable bonds is 26. The molecule has 25 heteroatoms. The normalized spacial score (nSPS) is 27.6. The van der Waals surface area contributed by atoms with E-state index >= 15 is 0 Å². The van der Waals surface area contributed by atoms with Gasteiger partial charge in [-0.1, -0.05) is 19.1 Å². The number of ether oxygens (including phenoxy) is 5. The SMILES string of the molecule is C[C@H]1[C@@H](c2ccc(F)cc2OC(F)F)[C@H](C(=O)Nc2ccnc(C(=O)NCCOCCNC(=O)C3CCC(NC(=O)CCCOC4CCC(OCCNC(=O)[C@H]5CC(O)N(C6CC6)[C@@H]5c5cccnc5)CC4)CC3)c2)O[C@@]1(C)C(F)(F)F. The molecule has 1 unspecified atom stereocenters. The molecular weight excluding hydrogens is 1090 g/mol. The summed E-state index contributed by atoms with van der Waals surface area (Å²) in [5, 5.41) is 24.9. The summed E-state index contributed by atoms with van der Waals surface area (Å²) < 4.78 is 111. The van der Waals surface area contributed by atoms with Crippen LogP contribution in [0.25, 0.3) is 0 Å². The van der Waals surface area contributed by atoms with E-state index in [1.165, 1.54) is 18.3 Å². The lowest BCUT2D eigenvalue weighted by molar-refractivity contribution is -0.272. The molecule has 4 heterocycles. The Morgan fingerprint density at radius 3 is 2.18 bits per heavy atom. The lowest BCUT2D eigenvalue weighted by atomic mass is 9.77. The Morgan fingerprint density at radius 1 is 0.829 bits per heavy atom. The van der Waals surface area contributed by atoms with Crippen LogP contribution in [0.4, 0.5) is 32.0 Å². The van der Waals surface area contributed by atoms with E-state index in [2.05, 4.69) is 46.2 Å². The van der Waals surface area contributed by atoms with Crippen molar-refractivity contribution < 1.29 is 79.1 Å². The molecule has 2 aliphatic heterocycles. The van der Waals surface area contributed by atoms with E-state index in [0.29, 0.717) is 76.8 Å². The van der Waals surface area contributed by atoms with Crippen molar-refractivity contribution in [1.29, 1.82) is 0 Å². The van der Waals surface area contributed by atoms with Crippen LogP contribution in [0.2, 0.25) is 0 Å². The van der Waals surface area contributed by atoms with Crippen LogP contribution in [-0.4, -0.2) is 151 Å². The van der Waals surface area contributed by atoms with Gasteiger partial charge in [0.15, 0.2) is 5.60 Å². The quantitative estimate of drug-likeness (QED) is 0.0366. The molecular formula is C57H74F6N8O11. The van der Waals surface area contributed by atoms with Crippen molar-refractivity contribution in [1.82, 2.24) is 36.1 Å². The molecule has 5 amide bonds. The number of benzene rings is 1. The third-order valence-electron chi connectivity index (χ3n) is 16.4. The Bertz CT molecular complexity index is 2630. The molecule has 19 nitrogen and oxygen atoms in total. The van der Waals surface area contributed by atoms with Gasteiger partial charge in [-0.25, -0.2) is 4.39 Å². The molecule has 8 rings (SSSR count). The number of aliphatic hydroxyl groups is 1. The summed E-state index contributed by atoms with van der Waals surface area (Å²) in [7, 11) is 0. The van der Waals surface area contributed by atoms with E-state index in [1.54, 1.807) is 12.4 Å². The van der Waals surface area contributed by atoms with Gasteiger partial charge >= 0.3 is 12.8 Å². The number of pyridine rings is 2. The first-order valence-electron chi connectivity index (χ1n) is 28.3. The van der Waals surface area contributed by atoms with Crippen molar-refractivity contribution in [3.05, 3.63) is 83.7 Å². The third-order valence-corrected chi connectivity index (χ3v) is 16.4. The van der Waals surface area contributed by atoms with Crippen LogP contribution in [0.5, 0.6) is 5.75 Å². The summed E-state index contributed by atoms with van der Waals surface area (Å²) in [6, 6.07) is 8.77. The van der Waals surface area contributed by atoms with Crippen molar-refractivity contribution in [3.8, 4) is 5.75 Å². The van der Waals surface area contributed by atoms with Gasteiger partial charge in [0.05, 0.1) is 44.0 Å². The molecule has 5 fully saturated rings. The minimum atomic E-state index is -5.01. The van der Waals surface area contributed by atoms with Gasteiger partial charge in [0.2, 0.25) is 17.7 Å². The van der Waals surface area contributed by atoms with Crippen molar-refractivity contribution in [2.45, 2.75) is 164 Å². The Hall–Kier alpha value is -5.99. The van der Waals surface area contributed by atoms with Gasteiger partial charge in [0.1, 0.15) is 29.6 Å². The lowest BCUT2D eigenvalue weighted by Gasteiger charge is -2.32. The number of hydrogen-bond donors (Lipinski definition) is 6. The first-order valence-corrected chi connectivity index (χ1v) is 28.3. The van der Waals surface area contributed by atoms with Crippen LogP contribution in [0.15, 0.2) is 61.1 Å². The van der Waals surface area contributed by atoms with Crippen LogP contribution in [-0.2, 0) is 38.1 Å². The highest BCUT2D eigenvalue weighted by Gasteiger charge is 2.66. The zero-order valence-corrected chi connectivity index (χ0v) is 46.0. The summed E-state index contributed by atoms with van der Waals surface area (Å²) in [5.41, 5.74) is -2.48. The highest BCUT2D eigenvalue weighted by atomic mass is 19.4. The number of hydrogen-bond acceptors (Lipinski definition) is 14. The monoisotopic (exact) mass is 1160 g/mol. The highest BCUT2D eigenvalue weighted by molar-refractivity contribution is 5.98. The number of anilines is 1. The largest absolute Gasteiger partial charge is 0.434 e. The molecule has 2 aromatic heterocycles. The average Bonchev–Trinajstić information content (AvgIpc) is 3.46. The number of aromatic nitrogens is 2. The molecule has 6 N–H and O–H groups in total. The average molecular weight is 1160 g/mol. The van der Waals surface area contributed by atoms with Crippen LogP contribution in [0.3, 0.4) is 0 Å². The summed E-state index contributed by atoms with van der Waals surface area (Å²) in [5.74, 6) is -7.39. The number of amides is 5. The summed E-state index contributed by atoms with van der Waals surface area (Å²) >= 11 is 0. The molecule has 2 saturated heterocycles. The summed E-state index contributed by atoms with van der Waals surface area (Å²) in [6.45, 7) is 0.168. The second-order valence-electron chi connectivity index (χ2n) is 22.0. The number of aliphatic hydroxyl groups excluding tert-OH is 1. The number of carbonyl (C=O) groups excluding carboxylic acids is 5. The standard InChI is InChI=1S/C57H74F6N8O11/c1-33-48(42-18-9-36(58)29-45(42)81-55(59)60)50(82-56(33,2)57(61,62)63)54(77)70-38-19-21-65-44(30-38)53(76)68-23-27-78-26-22-66-51(74)34-7-10-37(11-8-34)69-46(72)6-4-25-79-40-14-16-41(17-15-40)80-28-24-67-52(75)43-31-47(73)71(39-12-13-39)49(43)35-5-3-20-64-32-35/h3,5,9,18-21,29-30,32-34,37,39-41,43,47-50,55,73H,4,6-8,10-17,22-28,31H2,1-2H3,(H,66,74)(H,67,75)(H,68,76)(H,69,72)(H,65,70,77)/t33-,34?,37?,40?,41?,43-,47?,48-,49+,50+,56+/m0/s1. The number of halogens is 6. The Morgan fingerprint density at radius 2 is 1.51 bits per heavy atom. The molecule has 1 aromatic carbocycles. The minimum absolute atomic E-state index is 0.0166. The maximum atomic E-state index is 14.4. The van der Waals surface area contributed by atoms with E-state index in [0.717, 1.165) is 70.1 Å². The number of nitrogens with zero attached hydrogens (tertiary/aromatic N) is 3. The van der Waals surface area contributed by atoms with Crippen LogP contribution in [0, 0.1) is 23.6 Å². The molecule has 0 spiro atoms. The van der Waals surface area contributed by atoms with Gasteiger partial charge in [-0.3, -0.25) is 38.8 Å². The first-order chi connectivity index (χ1) is 39.3. The molecule has 3 saturated carbocycles. The maximum absolute atomic E-state index is 14.4. The molecule has 0 bridgehead atoms. The Kier molecular flexibility index (Phi) is 21.6. The molecule has 450 valence electrons. The topological polar surface area (TPSA) is 241 Å². The van der Waals surface area contributed by atoms with Gasteiger partial charge in [0.25, 0.3) is 11.8 Å². The van der Waals surface area contributed by atoms with E-state index in [4.69, 9.17) is 18.9 Å². The van der Waals surface area contributed by atoms with E-state index < -0.39 is 65.9 Å². The molecule has 82 heavy (non-hydrogen) atoms. The number of likely N-dealkylation sites (tertiary alicyclic amines) is 1. The Labute approximate surface area is 472 Å². The van der Waals surface area contributed by atoms with Crippen molar-refractivity contribution in [3.63, 3.8) is 0 Å².